The molecule has 0 saturated carbocycles. The summed E-state index contributed by atoms with van der Waals surface area (Å²) in [5.41, 5.74) is 7.69. The van der Waals surface area contributed by atoms with Crippen LogP contribution in [0.1, 0.15) is 0 Å². The van der Waals surface area contributed by atoms with Crippen molar-refractivity contribution in [3.8, 4) is 21.8 Å². The van der Waals surface area contributed by atoms with Crippen LogP contribution in [0.25, 0.3) is 21.8 Å². The summed E-state index contributed by atoms with van der Waals surface area (Å²) < 4.78 is 13.7. The van der Waals surface area contributed by atoms with Crippen molar-refractivity contribution in [1.82, 2.24) is 9.97 Å². The summed E-state index contributed by atoms with van der Waals surface area (Å²) in [5.74, 6) is 0.149. The standard InChI is InChI=1S/C14H10FN3S/c15-11-6-2-1-4-9(11)12-8-19-14(18-12)10-5-3-7-17-13(10)16/h1-8H,(H2,16,17). The summed E-state index contributed by atoms with van der Waals surface area (Å²) in [7, 11) is 0. The molecule has 0 unspecified atom stereocenters. The van der Waals surface area contributed by atoms with E-state index >= 15 is 0 Å². The van der Waals surface area contributed by atoms with Gasteiger partial charge in [-0.15, -0.1) is 11.3 Å². The molecule has 0 atom stereocenters. The number of hydrogen-bond donors (Lipinski definition) is 1. The highest BCUT2D eigenvalue weighted by Gasteiger charge is 2.11. The minimum atomic E-state index is -0.279. The molecule has 0 saturated heterocycles. The molecule has 0 bridgehead atoms. The predicted molar refractivity (Wildman–Crippen MR) is 75.2 cm³/mol. The third-order valence-corrected chi connectivity index (χ3v) is 3.60. The van der Waals surface area contributed by atoms with Crippen LogP contribution in [0.2, 0.25) is 0 Å². The second kappa shape index (κ2) is 4.78. The van der Waals surface area contributed by atoms with Gasteiger partial charge in [-0.05, 0) is 24.3 Å². The van der Waals surface area contributed by atoms with E-state index in [9.17, 15) is 4.39 Å². The van der Waals surface area contributed by atoms with Crippen LogP contribution >= 0.6 is 11.3 Å². The molecular weight excluding hydrogens is 261 g/mol. The van der Waals surface area contributed by atoms with Crippen LogP contribution in [0.3, 0.4) is 0 Å². The summed E-state index contributed by atoms with van der Waals surface area (Å²) in [4.78, 5) is 8.46. The van der Waals surface area contributed by atoms with Crippen molar-refractivity contribution in [2.24, 2.45) is 0 Å². The van der Waals surface area contributed by atoms with Crippen LogP contribution in [0.4, 0.5) is 10.2 Å². The van der Waals surface area contributed by atoms with E-state index in [-0.39, 0.29) is 5.82 Å². The fourth-order valence-electron chi connectivity index (χ4n) is 1.79. The third kappa shape index (κ3) is 2.20. The zero-order chi connectivity index (χ0) is 13.2. The van der Waals surface area contributed by atoms with Crippen molar-refractivity contribution in [2.75, 3.05) is 5.73 Å². The van der Waals surface area contributed by atoms with E-state index in [1.165, 1.54) is 17.4 Å². The number of nitrogens with zero attached hydrogens (tertiary/aromatic N) is 2. The van der Waals surface area contributed by atoms with Gasteiger partial charge in [0.2, 0.25) is 0 Å². The summed E-state index contributed by atoms with van der Waals surface area (Å²) >= 11 is 1.42. The summed E-state index contributed by atoms with van der Waals surface area (Å²) in [6.07, 6.45) is 1.63. The highest BCUT2D eigenvalue weighted by Crippen LogP contribution is 2.31. The molecule has 2 aromatic heterocycles. The van der Waals surface area contributed by atoms with Crippen LogP contribution in [-0.4, -0.2) is 9.97 Å². The lowest BCUT2D eigenvalue weighted by Gasteiger charge is -2.00. The number of rotatable bonds is 2. The zero-order valence-corrected chi connectivity index (χ0v) is 10.7. The van der Waals surface area contributed by atoms with Gasteiger partial charge in [0.1, 0.15) is 16.6 Å². The SMILES string of the molecule is Nc1ncccc1-c1nc(-c2ccccc2F)cs1. The molecule has 0 spiro atoms. The average Bonchev–Trinajstić information content (AvgIpc) is 2.89. The first kappa shape index (κ1) is 11.8. The highest BCUT2D eigenvalue weighted by atomic mass is 32.1. The van der Waals surface area contributed by atoms with Gasteiger partial charge in [0, 0.05) is 17.1 Å². The van der Waals surface area contributed by atoms with Gasteiger partial charge in [-0.1, -0.05) is 12.1 Å². The van der Waals surface area contributed by atoms with Gasteiger partial charge in [-0.2, -0.15) is 0 Å². The van der Waals surface area contributed by atoms with Gasteiger partial charge in [0.15, 0.2) is 0 Å². The monoisotopic (exact) mass is 271 g/mol. The maximum absolute atomic E-state index is 13.7. The lowest BCUT2D eigenvalue weighted by atomic mass is 10.1. The number of hydrogen-bond acceptors (Lipinski definition) is 4. The van der Waals surface area contributed by atoms with E-state index in [0.717, 1.165) is 10.6 Å². The van der Waals surface area contributed by atoms with Crippen LogP contribution in [-0.2, 0) is 0 Å². The molecule has 3 nitrogen and oxygen atoms in total. The van der Waals surface area contributed by atoms with Crippen molar-refractivity contribution in [2.45, 2.75) is 0 Å². The normalized spacial score (nSPS) is 10.6. The Morgan fingerprint density at radius 1 is 1.05 bits per heavy atom. The first-order valence-corrected chi connectivity index (χ1v) is 6.55. The van der Waals surface area contributed by atoms with Crippen LogP contribution in [0.15, 0.2) is 48.0 Å². The lowest BCUT2D eigenvalue weighted by Crippen LogP contribution is -1.92. The van der Waals surface area contributed by atoms with Gasteiger partial charge in [0.05, 0.1) is 11.3 Å². The molecule has 0 amide bonds. The molecule has 2 N–H and O–H groups in total. The quantitative estimate of drug-likeness (QED) is 0.775. The van der Waals surface area contributed by atoms with Crippen LogP contribution in [0.5, 0.6) is 0 Å². The Morgan fingerprint density at radius 2 is 1.84 bits per heavy atom. The summed E-state index contributed by atoms with van der Waals surface area (Å²) in [5, 5.41) is 2.56. The van der Waals surface area contributed by atoms with E-state index in [2.05, 4.69) is 9.97 Å². The molecule has 0 aliphatic carbocycles. The van der Waals surface area contributed by atoms with Gasteiger partial charge in [-0.3, -0.25) is 0 Å². The van der Waals surface area contributed by atoms with Gasteiger partial charge < -0.3 is 5.73 Å². The Labute approximate surface area is 113 Å². The van der Waals surface area contributed by atoms with Crippen molar-refractivity contribution in [3.05, 3.63) is 53.8 Å². The van der Waals surface area contributed by atoms with Crippen molar-refractivity contribution in [3.63, 3.8) is 0 Å². The molecule has 2 heterocycles. The number of pyridine rings is 1. The molecule has 0 aliphatic heterocycles. The van der Waals surface area contributed by atoms with Gasteiger partial charge >= 0.3 is 0 Å². The second-order valence-corrected chi connectivity index (χ2v) is 4.81. The van der Waals surface area contributed by atoms with Crippen molar-refractivity contribution >= 4 is 17.2 Å². The molecule has 0 fully saturated rings. The maximum Gasteiger partial charge on any atom is 0.133 e. The fraction of sp³-hybridized carbons (Fsp3) is 0. The summed E-state index contributed by atoms with van der Waals surface area (Å²) in [6, 6.07) is 10.2. The fourth-order valence-corrected chi connectivity index (χ4v) is 2.64. The molecule has 0 aliphatic rings. The molecule has 94 valence electrons. The van der Waals surface area contributed by atoms with Gasteiger partial charge in [-0.25, -0.2) is 14.4 Å². The average molecular weight is 271 g/mol. The minimum absolute atomic E-state index is 0.279. The van der Waals surface area contributed by atoms with Crippen LogP contribution in [0, 0.1) is 5.82 Å². The van der Waals surface area contributed by atoms with Crippen molar-refractivity contribution < 1.29 is 4.39 Å². The highest BCUT2D eigenvalue weighted by molar-refractivity contribution is 7.13. The minimum Gasteiger partial charge on any atom is -0.383 e. The number of nitrogen functional groups attached to an aromatic ring is 1. The van der Waals surface area contributed by atoms with Crippen molar-refractivity contribution in [1.29, 1.82) is 0 Å². The first-order chi connectivity index (χ1) is 9.25. The number of halogens is 1. The maximum atomic E-state index is 13.7. The number of nitrogens with two attached hydrogens (primary N) is 1. The second-order valence-electron chi connectivity index (χ2n) is 3.95. The first-order valence-electron chi connectivity index (χ1n) is 5.67. The summed E-state index contributed by atoms with van der Waals surface area (Å²) in [6.45, 7) is 0. The molecule has 5 heteroatoms. The third-order valence-electron chi connectivity index (χ3n) is 2.72. The topological polar surface area (TPSA) is 51.8 Å². The molecular formula is C14H10FN3S. The largest absolute Gasteiger partial charge is 0.383 e. The predicted octanol–water partition coefficient (Wildman–Crippen LogP) is 3.59. The number of anilines is 1. The van der Waals surface area contributed by atoms with E-state index in [1.807, 2.05) is 11.4 Å². The van der Waals surface area contributed by atoms with E-state index in [0.29, 0.717) is 17.1 Å². The molecule has 1 aromatic carbocycles. The smallest absolute Gasteiger partial charge is 0.133 e. The molecule has 3 aromatic rings. The molecule has 19 heavy (non-hydrogen) atoms. The lowest BCUT2D eigenvalue weighted by molar-refractivity contribution is 0.631. The Morgan fingerprint density at radius 3 is 2.63 bits per heavy atom. The molecule has 0 radical (unpaired) electrons. The van der Waals surface area contributed by atoms with E-state index in [1.54, 1.807) is 30.5 Å². The Kier molecular flexibility index (Phi) is 2.97. The van der Waals surface area contributed by atoms with E-state index in [4.69, 9.17) is 5.73 Å². The Balaban J connectivity index is 2.06. The Hall–Kier alpha value is -2.27. The van der Waals surface area contributed by atoms with Gasteiger partial charge in [0.25, 0.3) is 0 Å². The van der Waals surface area contributed by atoms with E-state index < -0.39 is 0 Å². The zero-order valence-electron chi connectivity index (χ0n) is 9.88. The number of thiazole rings is 1. The number of aromatic nitrogens is 2. The Bertz CT molecular complexity index is 664. The van der Waals surface area contributed by atoms with Crippen LogP contribution < -0.4 is 5.73 Å². The molecule has 3 rings (SSSR count). The number of benzene rings is 1.